The Morgan fingerprint density at radius 1 is 1.28 bits per heavy atom. The van der Waals surface area contributed by atoms with E-state index in [1.54, 1.807) is 30.3 Å². The number of rotatable bonds is 5. The minimum Gasteiger partial charge on any atom is -0.497 e. The molecule has 7 nitrogen and oxygen atoms in total. The van der Waals surface area contributed by atoms with Gasteiger partial charge in [-0.3, -0.25) is 10.1 Å². The van der Waals surface area contributed by atoms with Crippen molar-refractivity contribution in [1.82, 2.24) is 9.29 Å². The van der Waals surface area contributed by atoms with Crippen LogP contribution >= 0.6 is 34.3 Å². The molecule has 1 aromatic carbocycles. The third kappa shape index (κ3) is 4.17. The van der Waals surface area contributed by atoms with Crippen molar-refractivity contribution >= 4 is 55.3 Å². The van der Waals surface area contributed by atoms with E-state index in [-0.39, 0.29) is 17.3 Å². The van der Waals surface area contributed by atoms with Crippen LogP contribution in [0.2, 0.25) is 4.34 Å². The Bertz CT molecular complexity index is 1170. The Morgan fingerprint density at radius 3 is 2.83 bits per heavy atom. The lowest BCUT2D eigenvalue weighted by molar-refractivity contribution is 0.103. The third-order valence-corrected chi connectivity index (χ3v) is 8.46. The Balaban J connectivity index is 1.52. The normalized spacial score (nSPS) is 14.4. The van der Waals surface area contributed by atoms with Crippen molar-refractivity contribution in [2.45, 2.75) is 17.9 Å². The van der Waals surface area contributed by atoms with Gasteiger partial charge in [0.25, 0.3) is 5.91 Å². The fourth-order valence-corrected chi connectivity index (χ4v) is 6.42. The van der Waals surface area contributed by atoms with E-state index in [0.29, 0.717) is 33.1 Å². The van der Waals surface area contributed by atoms with E-state index in [0.717, 1.165) is 10.6 Å². The van der Waals surface area contributed by atoms with E-state index in [9.17, 15) is 13.2 Å². The Labute approximate surface area is 181 Å². The SMILES string of the molecule is COc1cccc(S(=O)(=O)N2CCc3nc(NC(=O)c4ccc(Cl)s4)sc3C2)c1. The molecular weight excluding hydrogens is 454 g/mol. The molecule has 11 heteroatoms. The van der Waals surface area contributed by atoms with E-state index in [4.69, 9.17) is 16.3 Å². The molecule has 2 aromatic heterocycles. The predicted molar refractivity (Wildman–Crippen MR) is 114 cm³/mol. The van der Waals surface area contributed by atoms with Crippen LogP contribution in [0.15, 0.2) is 41.3 Å². The van der Waals surface area contributed by atoms with Gasteiger partial charge in [-0.15, -0.1) is 22.7 Å². The molecule has 0 aliphatic carbocycles. The van der Waals surface area contributed by atoms with Crippen molar-refractivity contribution in [1.29, 1.82) is 0 Å². The number of hydrogen-bond donors (Lipinski definition) is 1. The molecule has 1 aliphatic heterocycles. The number of ether oxygens (including phenoxy) is 1. The quantitative estimate of drug-likeness (QED) is 0.612. The predicted octanol–water partition coefficient (Wildman–Crippen LogP) is 3.87. The van der Waals surface area contributed by atoms with Gasteiger partial charge in [-0.2, -0.15) is 4.31 Å². The molecule has 1 aliphatic rings. The first-order valence-corrected chi connectivity index (χ1v) is 12.0. The third-order valence-electron chi connectivity index (χ3n) is 4.39. The average molecular weight is 470 g/mol. The van der Waals surface area contributed by atoms with Crippen LogP contribution in [0.4, 0.5) is 5.13 Å². The molecule has 0 spiro atoms. The topological polar surface area (TPSA) is 88.6 Å². The fourth-order valence-electron chi connectivity index (χ4n) is 2.94. The zero-order valence-corrected chi connectivity index (χ0v) is 18.4. The number of halogens is 1. The van der Waals surface area contributed by atoms with Crippen LogP contribution in [0.3, 0.4) is 0 Å². The summed E-state index contributed by atoms with van der Waals surface area (Å²) in [5, 5.41) is 3.21. The number of anilines is 1. The first-order chi connectivity index (χ1) is 13.9. The maximum Gasteiger partial charge on any atom is 0.267 e. The summed E-state index contributed by atoms with van der Waals surface area (Å²) in [4.78, 5) is 18.3. The number of hydrogen-bond acceptors (Lipinski definition) is 7. The van der Waals surface area contributed by atoms with E-state index in [1.807, 2.05) is 0 Å². The van der Waals surface area contributed by atoms with Crippen LogP contribution in [-0.2, 0) is 23.0 Å². The number of aromatic nitrogens is 1. The molecule has 3 heterocycles. The van der Waals surface area contributed by atoms with Gasteiger partial charge in [0, 0.05) is 23.9 Å². The van der Waals surface area contributed by atoms with Gasteiger partial charge in [0.1, 0.15) is 5.75 Å². The summed E-state index contributed by atoms with van der Waals surface area (Å²) in [6.45, 7) is 0.539. The molecule has 0 fully saturated rings. The van der Waals surface area contributed by atoms with Crippen molar-refractivity contribution in [2.24, 2.45) is 0 Å². The highest BCUT2D eigenvalue weighted by Gasteiger charge is 2.31. The number of amides is 1. The van der Waals surface area contributed by atoms with Crippen LogP contribution in [-0.4, -0.2) is 37.3 Å². The van der Waals surface area contributed by atoms with Crippen LogP contribution < -0.4 is 10.1 Å². The van der Waals surface area contributed by atoms with E-state index in [2.05, 4.69) is 10.3 Å². The maximum atomic E-state index is 13.0. The summed E-state index contributed by atoms with van der Waals surface area (Å²) in [7, 11) is -2.16. The van der Waals surface area contributed by atoms with Gasteiger partial charge in [-0.05, 0) is 24.3 Å². The molecule has 0 saturated heterocycles. The van der Waals surface area contributed by atoms with Crippen molar-refractivity contribution in [3.05, 3.63) is 56.2 Å². The smallest absolute Gasteiger partial charge is 0.267 e. The largest absolute Gasteiger partial charge is 0.497 e. The van der Waals surface area contributed by atoms with Crippen molar-refractivity contribution in [2.75, 3.05) is 19.0 Å². The zero-order chi connectivity index (χ0) is 20.6. The van der Waals surface area contributed by atoms with Gasteiger partial charge in [0.2, 0.25) is 10.0 Å². The second-order valence-electron chi connectivity index (χ2n) is 6.21. The molecule has 29 heavy (non-hydrogen) atoms. The minimum absolute atomic E-state index is 0.188. The summed E-state index contributed by atoms with van der Waals surface area (Å²) in [5.74, 6) is 0.203. The number of sulfonamides is 1. The van der Waals surface area contributed by atoms with E-state index < -0.39 is 10.0 Å². The van der Waals surface area contributed by atoms with Gasteiger partial charge >= 0.3 is 0 Å². The summed E-state index contributed by atoms with van der Waals surface area (Å²) < 4.78 is 33.1. The summed E-state index contributed by atoms with van der Waals surface area (Å²) >= 11 is 8.35. The van der Waals surface area contributed by atoms with Crippen molar-refractivity contribution in [3.63, 3.8) is 0 Å². The number of fused-ring (bicyclic) bond motifs is 1. The first kappa shape index (κ1) is 20.3. The number of carbonyl (C=O) groups is 1. The molecular formula is C18H16ClN3O4S3. The minimum atomic E-state index is -3.66. The lowest BCUT2D eigenvalue weighted by Gasteiger charge is -2.25. The average Bonchev–Trinajstić information content (AvgIpc) is 3.32. The highest BCUT2D eigenvalue weighted by Crippen LogP contribution is 2.32. The van der Waals surface area contributed by atoms with E-state index >= 15 is 0 Å². The highest BCUT2D eigenvalue weighted by molar-refractivity contribution is 7.89. The first-order valence-electron chi connectivity index (χ1n) is 8.56. The Kier molecular flexibility index (Phi) is 5.63. The Hall–Kier alpha value is -1.98. The fraction of sp³-hybridized carbons (Fsp3) is 0.222. The molecule has 0 atom stereocenters. The zero-order valence-electron chi connectivity index (χ0n) is 15.2. The van der Waals surface area contributed by atoms with Crippen molar-refractivity contribution < 1.29 is 17.9 Å². The number of nitrogens with zero attached hydrogens (tertiary/aromatic N) is 2. The number of benzene rings is 1. The summed E-state index contributed by atoms with van der Waals surface area (Å²) in [6.07, 6.45) is 0.482. The molecule has 1 N–H and O–H groups in total. The van der Waals surface area contributed by atoms with Gasteiger partial charge in [-0.1, -0.05) is 17.7 Å². The lowest BCUT2D eigenvalue weighted by atomic mass is 10.2. The Morgan fingerprint density at radius 2 is 2.10 bits per heavy atom. The van der Waals surface area contributed by atoms with Gasteiger partial charge in [0.05, 0.1) is 33.5 Å². The summed E-state index contributed by atoms with van der Waals surface area (Å²) in [5.41, 5.74) is 0.812. The molecule has 0 saturated carbocycles. The maximum absolute atomic E-state index is 13.0. The second-order valence-corrected chi connectivity index (χ2v) is 11.0. The molecule has 0 radical (unpaired) electrons. The van der Waals surface area contributed by atoms with E-state index in [1.165, 1.54) is 40.2 Å². The lowest BCUT2D eigenvalue weighted by Crippen LogP contribution is -2.35. The second kappa shape index (κ2) is 8.04. The molecule has 0 unspecified atom stereocenters. The van der Waals surface area contributed by atoms with Crippen LogP contribution in [0.5, 0.6) is 5.75 Å². The van der Waals surface area contributed by atoms with Gasteiger partial charge < -0.3 is 4.74 Å². The summed E-state index contributed by atoms with van der Waals surface area (Å²) in [6, 6.07) is 9.73. The highest BCUT2D eigenvalue weighted by atomic mass is 35.5. The monoisotopic (exact) mass is 469 g/mol. The molecule has 3 aromatic rings. The molecule has 152 valence electrons. The van der Waals surface area contributed by atoms with Crippen LogP contribution in [0.1, 0.15) is 20.2 Å². The van der Waals surface area contributed by atoms with Gasteiger partial charge in [-0.25, -0.2) is 13.4 Å². The number of nitrogens with one attached hydrogen (secondary N) is 1. The van der Waals surface area contributed by atoms with Crippen molar-refractivity contribution in [3.8, 4) is 5.75 Å². The number of methoxy groups -OCH3 is 1. The number of thiophene rings is 1. The molecule has 4 rings (SSSR count). The van der Waals surface area contributed by atoms with Crippen LogP contribution in [0.25, 0.3) is 0 Å². The van der Waals surface area contributed by atoms with Crippen LogP contribution in [0, 0.1) is 0 Å². The van der Waals surface area contributed by atoms with Gasteiger partial charge in [0.15, 0.2) is 5.13 Å². The molecule has 1 amide bonds. The molecule has 0 bridgehead atoms. The number of thiazole rings is 1. The number of carbonyl (C=O) groups excluding carboxylic acids is 1. The standard InChI is InChI=1S/C18H16ClN3O4S3/c1-26-11-3-2-4-12(9-11)29(24,25)22-8-7-13-15(10-22)28-18(20-13)21-17(23)14-5-6-16(19)27-14/h2-6,9H,7-8,10H2,1H3,(H,20,21,23).